The summed E-state index contributed by atoms with van der Waals surface area (Å²) in [6, 6.07) is 11.2. The smallest absolute Gasteiger partial charge is 0.0478 e. The highest BCUT2D eigenvalue weighted by molar-refractivity contribution is 6.21. The van der Waals surface area contributed by atoms with Crippen molar-refractivity contribution in [3.05, 3.63) is 35.9 Å². The lowest BCUT2D eigenvalue weighted by molar-refractivity contribution is 0.260. The van der Waals surface area contributed by atoms with Crippen LogP contribution in [0.2, 0.25) is 0 Å². The first-order chi connectivity index (χ1) is 6.75. The van der Waals surface area contributed by atoms with Gasteiger partial charge in [-0.25, -0.2) is 0 Å². The number of alkyl halides is 1. The third kappa shape index (κ3) is 2.28. The standard InChI is InChI=1S/C12H16ClN/c1-10-7-12(13)9-14(10)8-11-5-3-2-4-6-11/h2-6,10,12H,7-9H2,1H3/t10-,12-/m1/s1. The Kier molecular flexibility index (Phi) is 3.09. The summed E-state index contributed by atoms with van der Waals surface area (Å²) in [5.74, 6) is 0. The van der Waals surface area contributed by atoms with Crippen LogP contribution in [0.5, 0.6) is 0 Å². The Hall–Kier alpha value is -0.530. The van der Waals surface area contributed by atoms with Crippen LogP contribution in [0.4, 0.5) is 0 Å². The number of benzene rings is 1. The first kappa shape index (κ1) is 10.0. The molecule has 2 atom stereocenters. The van der Waals surface area contributed by atoms with Gasteiger partial charge in [-0.3, -0.25) is 4.90 Å². The number of likely N-dealkylation sites (tertiary alicyclic amines) is 1. The van der Waals surface area contributed by atoms with Gasteiger partial charge in [-0.05, 0) is 18.9 Å². The van der Waals surface area contributed by atoms with Crippen LogP contribution < -0.4 is 0 Å². The van der Waals surface area contributed by atoms with E-state index in [1.165, 1.54) is 5.56 Å². The van der Waals surface area contributed by atoms with E-state index in [1.54, 1.807) is 0 Å². The second kappa shape index (κ2) is 4.33. The number of hydrogen-bond acceptors (Lipinski definition) is 1. The molecule has 1 saturated heterocycles. The van der Waals surface area contributed by atoms with Crippen LogP contribution in [0.25, 0.3) is 0 Å². The molecule has 0 saturated carbocycles. The molecule has 1 heterocycles. The lowest BCUT2D eigenvalue weighted by Gasteiger charge is -2.20. The Morgan fingerprint density at radius 2 is 2.07 bits per heavy atom. The Labute approximate surface area is 90.7 Å². The largest absolute Gasteiger partial charge is 0.295 e. The Morgan fingerprint density at radius 3 is 2.64 bits per heavy atom. The first-order valence-corrected chi connectivity index (χ1v) is 5.61. The van der Waals surface area contributed by atoms with Gasteiger partial charge in [0.15, 0.2) is 0 Å². The molecule has 76 valence electrons. The van der Waals surface area contributed by atoms with Crippen molar-refractivity contribution in [3.8, 4) is 0 Å². The summed E-state index contributed by atoms with van der Waals surface area (Å²) in [6.45, 7) is 4.31. The zero-order valence-corrected chi connectivity index (χ0v) is 9.24. The van der Waals surface area contributed by atoms with E-state index in [0.717, 1.165) is 19.5 Å². The molecule has 1 fully saturated rings. The van der Waals surface area contributed by atoms with E-state index in [2.05, 4.69) is 42.2 Å². The molecule has 1 aromatic rings. The number of halogens is 1. The van der Waals surface area contributed by atoms with Crippen LogP contribution >= 0.6 is 11.6 Å². The van der Waals surface area contributed by atoms with Crippen molar-refractivity contribution in [2.24, 2.45) is 0 Å². The molecule has 2 rings (SSSR count). The zero-order chi connectivity index (χ0) is 9.97. The van der Waals surface area contributed by atoms with Crippen LogP contribution in [0.1, 0.15) is 18.9 Å². The van der Waals surface area contributed by atoms with E-state index < -0.39 is 0 Å². The minimum absolute atomic E-state index is 0.341. The quantitative estimate of drug-likeness (QED) is 0.678. The molecule has 14 heavy (non-hydrogen) atoms. The monoisotopic (exact) mass is 209 g/mol. The summed E-state index contributed by atoms with van der Waals surface area (Å²) in [5.41, 5.74) is 1.38. The Balaban J connectivity index is 1.98. The van der Waals surface area contributed by atoms with Crippen molar-refractivity contribution in [2.45, 2.75) is 31.3 Å². The normalized spacial score (nSPS) is 28.1. The van der Waals surface area contributed by atoms with Gasteiger partial charge in [-0.2, -0.15) is 0 Å². The number of nitrogens with zero attached hydrogens (tertiary/aromatic N) is 1. The molecule has 0 bridgehead atoms. The van der Waals surface area contributed by atoms with Crippen molar-refractivity contribution in [2.75, 3.05) is 6.54 Å². The predicted molar refractivity (Wildman–Crippen MR) is 60.6 cm³/mol. The van der Waals surface area contributed by atoms with Crippen LogP contribution in [0.3, 0.4) is 0 Å². The zero-order valence-electron chi connectivity index (χ0n) is 8.49. The molecule has 0 unspecified atom stereocenters. The highest BCUT2D eigenvalue weighted by Gasteiger charge is 2.26. The highest BCUT2D eigenvalue weighted by atomic mass is 35.5. The second-order valence-electron chi connectivity index (χ2n) is 4.10. The van der Waals surface area contributed by atoms with Gasteiger partial charge in [0.1, 0.15) is 0 Å². The van der Waals surface area contributed by atoms with Gasteiger partial charge in [0.2, 0.25) is 0 Å². The molecular weight excluding hydrogens is 194 g/mol. The molecule has 0 aromatic heterocycles. The summed E-state index contributed by atoms with van der Waals surface area (Å²) in [5, 5.41) is 0.341. The maximum Gasteiger partial charge on any atom is 0.0478 e. The second-order valence-corrected chi connectivity index (χ2v) is 4.71. The number of hydrogen-bond donors (Lipinski definition) is 0. The third-order valence-corrected chi connectivity index (χ3v) is 3.20. The van der Waals surface area contributed by atoms with Crippen molar-refractivity contribution >= 4 is 11.6 Å². The maximum absolute atomic E-state index is 6.13. The maximum atomic E-state index is 6.13. The topological polar surface area (TPSA) is 3.24 Å². The Bertz CT molecular complexity index is 286. The first-order valence-electron chi connectivity index (χ1n) is 5.18. The minimum Gasteiger partial charge on any atom is -0.295 e. The minimum atomic E-state index is 0.341. The highest BCUT2D eigenvalue weighted by Crippen LogP contribution is 2.23. The molecule has 0 N–H and O–H groups in total. The predicted octanol–water partition coefficient (Wildman–Crippen LogP) is 2.89. The van der Waals surface area contributed by atoms with Crippen molar-refractivity contribution in [1.82, 2.24) is 4.90 Å². The molecule has 0 amide bonds. The summed E-state index contributed by atoms with van der Waals surface area (Å²) in [6.07, 6.45) is 1.12. The molecule has 2 heteroatoms. The van der Waals surface area contributed by atoms with Gasteiger partial charge < -0.3 is 0 Å². The summed E-state index contributed by atoms with van der Waals surface area (Å²) < 4.78 is 0. The summed E-state index contributed by atoms with van der Waals surface area (Å²) in [4.78, 5) is 2.45. The van der Waals surface area contributed by atoms with E-state index >= 15 is 0 Å². The number of rotatable bonds is 2. The lowest BCUT2D eigenvalue weighted by Crippen LogP contribution is -2.26. The molecule has 0 aliphatic carbocycles. The van der Waals surface area contributed by atoms with Crippen LogP contribution in [0.15, 0.2) is 30.3 Å². The molecule has 0 radical (unpaired) electrons. The van der Waals surface area contributed by atoms with Crippen LogP contribution in [-0.2, 0) is 6.54 Å². The molecule has 1 aromatic carbocycles. The van der Waals surface area contributed by atoms with E-state index in [1.807, 2.05) is 0 Å². The SMILES string of the molecule is C[C@@H]1C[C@@H](Cl)CN1Cc1ccccc1. The van der Waals surface area contributed by atoms with Crippen molar-refractivity contribution in [1.29, 1.82) is 0 Å². The molecule has 0 spiro atoms. The van der Waals surface area contributed by atoms with Gasteiger partial charge in [0, 0.05) is 24.5 Å². The van der Waals surface area contributed by atoms with Crippen LogP contribution in [0, 0.1) is 0 Å². The van der Waals surface area contributed by atoms with E-state index in [0.29, 0.717) is 11.4 Å². The molecular formula is C12H16ClN. The van der Waals surface area contributed by atoms with Crippen LogP contribution in [-0.4, -0.2) is 22.9 Å². The average molecular weight is 210 g/mol. The van der Waals surface area contributed by atoms with E-state index in [4.69, 9.17) is 11.6 Å². The van der Waals surface area contributed by atoms with Gasteiger partial charge >= 0.3 is 0 Å². The average Bonchev–Trinajstić information content (AvgIpc) is 2.47. The van der Waals surface area contributed by atoms with Gasteiger partial charge in [-0.15, -0.1) is 11.6 Å². The molecule has 1 aliphatic heterocycles. The molecule has 1 nitrogen and oxygen atoms in total. The fourth-order valence-electron chi connectivity index (χ4n) is 2.07. The van der Waals surface area contributed by atoms with Crippen molar-refractivity contribution < 1.29 is 0 Å². The lowest BCUT2D eigenvalue weighted by atomic mass is 10.2. The fraction of sp³-hybridized carbons (Fsp3) is 0.500. The van der Waals surface area contributed by atoms with E-state index in [-0.39, 0.29) is 0 Å². The fourth-order valence-corrected chi connectivity index (χ4v) is 2.50. The third-order valence-electron chi connectivity index (χ3n) is 2.88. The Morgan fingerprint density at radius 1 is 1.36 bits per heavy atom. The summed E-state index contributed by atoms with van der Waals surface area (Å²) >= 11 is 6.13. The molecule has 1 aliphatic rings. The van der Waals surface area contributed by atoms with Gasteiger partial charge in [0.05, 0.1) is 0 Å². The van der Waals surface area contributed by atoms with E-state index in [9.17, 15) is 0 Å². The van der Waals surface area contributed by atoms with Crippen molar-refractivity contribution in [3.63, 3.8) is 0 Å². The summed E-state index contributed by atoms with van der Waals surface area (Å²) in [7, 11) is 0. The van der Waals surface area contributed by atoms with Gasteiger partial charge in [-0.1, -0.05) is 30.3 Å². The van der Waals surface area contributed by atoms with Gasteiger partial charge in [0.25, 0.3) is 0 Å².